The maximum Gasteiger partial charge on any atom is 0.306 e. The van der Waals surface area contributed by atoms with Gasteiger partial charge in [-0.25, -0.2) is 0 Å². The summed E-state index contributed by atoms with van der Waals surface area (Å²) in [6, 6.07) is 0. The first-order valence-electron chi connectivity index (χ1n) is 6.44. The Morgan fingerprint density at radius 1 is 1.31 bits per heavy atom. The minimum Gasteiger partial charge on any atom is -0.462 e. The first-order chi connectivity index (χ1) is 7.63. The van der Waals surface area contributed by atoms with Crippen molar-refractivity contribution in [3.05, 3.63) is 0 Å². The molecule has 0 unspecified atom stereocenters. The highest BCUT2D eigenvalue weighted by molar-refractivity contribution is 7.80. The minimum atomic E-state index is 0.00565. The van der Waals surface area contributed by atoms with E-state index in [4.69, 9.17) is 4.74 Å². The Labute approximate surface area is 104 Å². The van der Waals surface area contributed by atoms with Crippen molar-refractivity contribution in [2.45, 2.75) is 58.0 Å². The lowest BCUT2D eigenvalue weighted by molar-refractivity contribution is -0.152. The van der Waals surface area contributed by atoms with Crippen molar-refractivity contribution in [2.24, 2.45) is 11.3 Å². The second kappa shape index (κ2) is 4.99. The molecule has 2 aliphatic carbocycles. The smallest absolute Gasteiger partial charge is 0.306 e. The van der Waals surface area contributed by atoms with Crippen LogP contribution in [0.4, 0.5) is 0 Å². The van der Waals surface area contributed by atoms with Gasteiger partial charge in [0.25, 0.3) is 0 Å². The predicted molar refractivity (Wildman–Crippen MR) is 67.6 cm³/mol. The van der Waals surface area contributed by atoms with Gasteiger partial charge >= 0.3 is 5.97 Å². The number of esters is 1. The number of carbonyl (C=O) groups excluding carboxylic acids is 1. The van der Waals surface area contributed by atoms with E-state index < -0.39 is 0 Å². The molecular weight excluding hydrogens is 220 g/mol. The normalized spacial score (nSPS) is 32.1. The number of rotatable bonds is 4. The SMILES string of the molecule is CC1CCC(OC(=O)CC2(CS)CC2)CC1. The molecule has 2 rings (SSSR count). The molecule has 0 radical (unpaired) electrons. The molecule has 3 heteroatoms. The monoisotopic (exact) mass is 242 g/mol. The third-order valence-corrected chi connectivity index (χ3v) is 4.74. The maximum absolute atomic E-state index is 11.8. The van der Waals surface area contributed by atoms with Gasteiger partial charge in [0.15, 0.2) is 0 Å². The third kappa shape index (κ3) is 3.16. The molecule has 0 aliphatic heterocycles. The lowest BCUT2D eigenvalue weighted by Gasteiger charge is -2.26. The molecule has 0 spiro atoms. The molecule has 0 aromatic carbocycles. The first-order valence-corrected chi connectivity index (χ1v) is 7.07. The molecule has 2 nitrogen and oxygen atoms in total. The van der Waals surface area contributed by atoms with Gasteiger partial charge in [-0.3, -0.25) is 4.79 Å². The second-order valence-corrected chi connectivity index (χ2v) is 6.02. The molecule has 0 aromatic heterocycles. The number of hydrogen-bond donors (Lipinski definition) is 1. The van der Waals surface area contributed by atoms with Crippen molar-refractivity contribution in [3.8, 4) is 0 Å². The largest absolute Gasteiger partial charge is 0.462 e. The molecule has 0 N–H and O–H groups in total. The molecule has 92 valence electrons. The highest BCUT2D eigenvalue weighted by Crippen LogP contribution is 2.49. The molecule has 0 amide bonds. The number of thiol groups is 1. The van der Waals surface area contributed by atoms with Crippen molar-refractivity contribution in [2.75, 3.05) is 5.75 Å². The average molecular weight is 242 g/mol. The Morgan fingerprint density at radius 3 is 2.44 bits per heavy atom. The fourth-order valence-electron chi connectivity index (χ4n) is 2.45. The average Bonchev–Trinajstić information content (AvgIpc) is 3.02. The topological polar surface area (TPSA) is 26.3 Å². The highest BCUT2D eigenvalue weighted by atomic mass is 32.1. The maximum atomic E-state index is 11.8. The van der Waals surface area contributed by atoms with Gasteiger partial charge in [-0.1, -0.05) is 6.92 Å². The molecule has 0 aromatic rings. The Bertz CT molecular complexity index is 253. The lowest BCUT2D eigenvalue weighted by atomic mass is 9.89. The molecule has 2 saturated carbocycles. The summed E-state index contributed by atoms with van der Waals surface area (Å²) in [6.45, 7) is 2.28. The second-order valence-electron chi connectivity index (χ2n) is 5.71. The van der Waals surface area contributed by atoms with Crippen molar-refractivity contribution < 1.29 is 9.53 Å². The highest BCUT2D eigenvalue weighted by Gasteiger charge is 2.43. The Morgan fingerprint density at radius 2 is 1.94 bits per heavy atom. The fourth-order valence-corrected chi connectivity index (χ4v) is 2.88. The summed E-state index contributed by atoms with van der Waals surface area (Å²) in [5, 5.41) is 0. The molecule has 0 heterocycles. The Kier molecular flexibility index (Phi) is 3.83. The van der Waals surface area contributed by atoms with Gasteiger partial charge in [0.1, 0.15) is 6.10 Å². The van der Waals surface area contributed by atoms with Crippen LogP contribution < -0.4 is 0 Å². The first kappa shape index (κ1) is 12.3. The number of ether oxygens (including phenoxy) is 1. The zero-order valence-electron chi connectivity index (χ0n) is 10.1. The summed E-state index contributed by atoms with van der Waals surface area (Å²) < 4.78 is 5.54. The number of carbonyl (C=O) groups is 1. The van der Waals surface area contributed by atoms with E-state index in [1.54, 1.807) is 0 Å². The molecule has 0 bridgehead atoms. The summed E-state index contributed by atoms with van der Waals surface area (Å²) in [7, 11) is 0. The summed E-state index contributed by atoms with van der Waals surface area (Å²) >= 11 is 4.31. The Balaban J connectivity index is 1.71. The van der Waals surface area contributed by atoms with Crippen LogP contribution in [-0.4, -0.2) is 17.8 Å². The van der Waals surface area contributed by atoms with E-state index in [-0.39, 0.29) is 17.5 Å². The molecule has 0 atom stereocenters. The van der Waals surface area contributed by atoms with Gasteiger partial charge in [-0.2, -0.15) is 12.6 Å². The van der Waals surface area contributed by atoms with Crippen molar-refractivity contribution >= 4 is 18.6 Å². The van der Waals surface area contributed by atoms with E-state index in [2.05, 4.69) is 19.6 Å². The minimum absolute atomic E-state index is 0.00565. The van der Waals surface area contributed by atoms with Crippen LogP contribution >= 0.6 is 12.6 Å². The molecule has 0 saturated heterocycles. The van der Waals surface area contributed by atoms with Crippen molar-refractivity contribution in [1.82, 2.24) is 0 Å². The Hall–Kier alpha value is -0.180. The van der Waals surface area contributed by atoms with E-state index in [0.717, 1.165) is 37.4 Å². The third-order valence-electron chi connectivity index (χ3n) is 4.07. The molecule has 2 aliphatic rings. The predicted octanol–water partition coefficient (Wildman–Crippen LogP) is 3.21. The van der Waals surface area contributed by atoms with Gasteiger partial charge in [-0.15, -0.1) is 0 Å². The van der Waals surface area contributed by atoms with Crippen molar-refractivity contribution in [3.63, 3.8) is 0 Å². The van der Waals surface area contributed by atoms with Gasteiger partial charge in [0.05, 0.1) is 6.42 Å². The summed E-state index contributed by atoms with van der Waals surface area (Å²) in [4.78, 5) is 11.8. The van der Waals surface area contributed by atoms with Crippen LogP contribution in [0, 0.1) is 11.3 Å². The molecular formula is C13H22O2S. The van der Waals surface area contributed by atoms with Gasteiger partial charge in [-0.05, 0) is 55.6 Å². The van der Waals surface area contributed by atoms with Crippen LogP contribution in [0.25, 0.3) is 0 Å². The summed E-state index contributed by atoms with van der Waals surface area (Å²) in [5.74, 6) is 1.64. The molecule has 16 heavy (non-hydrogen) atoms. The summed E-state index contributed by atoms with van der Waals surface area (Å²) in [5.41, 5.74) is 0.197. The van der Waals surface area contributed by atoms with Crippen molar-refractivity contribution in [1.29, 1.82) is 0 Å². The van der Waals surface area contributed by atoms with Gasteiger partial charge in [0.2, 0.25) is 0 Å². The van der Waals surface area contributed by atoms with E-state index in [9.17, 15) is 4.79 Å². The lowest BCUT2D eigenvalue weighted by Crippen LogP contribution is -2.25. The standard InChI is InChI=1S/C13H22O2S/c1-10-2-4-11(5-3-10)15-12(14)8-13(9-16)6-7-13/h10-11,16H,2-9H2,1H3. The number of hydrogen-bond acceptors (Lipinski definition) is 3. The van der Waals surface area contributed by atoms with Gasteiger partial charge in [0, 0.05) is 0 Å². The fraction of sp³-hybridized carbons (Fsp3) is 0.923. The zero-order valence-corrected chi connectivity index (χ0v) is 11.0. The van der Waals surface area contributed by atoms with E-state index >= 15 is 0 Å². The quantitative estimate of drug-likeness (QED) is 0.605. The van der Waals surface area contributed by atoms with Crippen LogP contribution in [-0.2, 0) is 9.53 Å². The van der Waals surface area contributed by atoms with E-state index in [1.165, 1.54) is 12.8 Å². The zero-order chi connectivity index (χ0) is 11.6. The van der Waals surface area contributed by atoms with Gasteiger partial charge < -0.3 is 4.74 Å². The summed E-state index contributed by atoms with van der Waals surface area (Å²) in [6.07, 6.45) is 7.59. The van der Waals surface area contributed by atoms with E-state index in [0.29, 0.717) is 6.42 Å². The molecule has 2 fully saturated rings. The van der Waals surface area contributed by atoms with Crippen LogP contribution in [0.5, 0.6) is 0 Å². The van der Waals surface area contributed by atoms with E-state index in [1.807, 2.05) is 0 Å². The van der Waals surface area contributed by atoms with Crippen LogP contribution in [0.1, 0.15) is 51.9 Å². The van der Waals surface area contributed by atoms with Crippen LogP contribution in [0.2, 0.25) is 0 Å². The van der Waals surface area contributed by atoms with Crippen LogP contribution in [0.3, 0.4) is 0 Å². The van der Waals surface area contributed by atoms with Crippen LogP contribution in [0.15, 0.2) is 0 Å².